The van der Waals surface area contributed by atoms with Gasteiger partial charge in [-0.25, -0.2) is 0 Å². The molecule has 0 saturated carbocycles. The van der Waals surface area contributed by atoms with E-state index in [-0.39, 0.29) is 5.91 Å². The third kappa shape index (κ3) is 3.35. The highest BCUT2D eigenvalue weighted by Crippen LogP contribution is 2.14. The number of amides is 1. The molecule has 0 aliphatic heterocycles. The Kier molecular flexibility index (Phi) is 4.01. The molecule has 2 aromatic rings. The largest absolute Gasteiger partial charge is 0.320 e. The van der Waals surface area contributed by atoms with Crippen LogP contribution in [0.15, 0.2) is 30.3 Å². The number of nitrogens with zero attached hydrogens (tertiary/aromatic N) is 2. The van der Waals surface area contributed by atoms with Crippen molar-refractivity contribution in [2.75, 3.05) is 5.32 Å². The second kappa shape index (κ2) is 5.70. The maximum Gasteiger partial charge on any atom is 0.243 e. The fourth-order valence-electron chi connectivity index (χ4n) is 1.51. The summed E-state index contributed by atoms with van der Waals surface area (Å²) in [4.78, 5) is 11.8. The molecule has 5 nitrogen and oxygen atoms in total. The van der Waals surface area contributed by atoms with Crippen LogP contribution in [0.3, 0.4) is 0 Å². The summed E-state index contributed by atoms with van der Waals surface area (Å²) < 4.78 is 0. The highest BCUT2D eigenvalue weighted by molar-refractivity contribution is 7.15. The Bertz CT molecular complexity index is 526. The molecule has 1 aromatic heterocycles. The fourth-order valence-corrected chi connectivity index (χ4v) is 2.10. The molecule has 1 amide bonds. The van der Waals surface area contributed by atoms with Crippen LogP contribution in [0.2, 0.25) is 0 Å². The van der Waals surface area contributed by atoms with Gasteiger partial charge in [0.15, 0.2) is 0 Å². The standard InChI is InChI=1S/C12H14N4OS/c1-8-15-16-12(18-8)14-11(17)10(13)7-9-5-3-2-4-6-9/h2-6,10H,7,13H2,1H3,(H,14,16,17). The highest BCUT2D eigenvalue weighted by Gasteiger charge is 2.15. The Balaban J connectivity index is 1.93. The number of aryl methyl sites for hydroxylation is 1. The van der Waals surface area contributed by atoms with Crippen molar-refractivity contribution in [1.82, 2.24) is 10.2 Å². The van der Waals surface area contributed by atoms with Crippen molar-refractivity contribution < 1.29 is 4.79 Å². The molecule has 1 aromatic carbocycles. The molecular weight excluding hydrogens is 248 g/mol. The van der Waals surface area contributed by atoms with E-state index in [4.69, 9.17) is 5.73 Å². The summed E-state index contributed by atoms with van der Waals surface area (Å²) >= 11 is 1.33. The molecule has 0 saturated heterocycles. The Hall–Kier alpha value is -1.79. The second-order valence-electron chi connectivity index (χ2n) is 3.91. The van der Waals surface area contributed by atoms with Crippen molar-refractivity contribution in [2.24, 2.45) is 5.73 Å². The Morgan fingerprint density at radius 3 is 2.72 bits per heavy atom. The first-order valence-electron chi connectivity index (χ1n) is 5.55. The lowest BCUT2D eigenvalue weighted by Crippen LogP contribution is -2.37. The van der Waals surface area contributed by atoms with Gasteiger partial charge in [0.2, 0.25) is 11.0 Å². The first-order chi connectivity index (χ1) is 8.65. The Morgan fingerprint density at radius 1 is 1.39 bits per heavy atom. The molecule has 1 unspecified atom stereocenters. The second-order valence-corrected chi connectivity index (χ2v) is 5.09. The number of aromatic nitrogens is 2. The van der Waals surface area contributed by atoms with Gasteiger partial charge in [-0.05, 0) is 18.9 Å². The number of rotatable bonds is 4. The van der Waals surface area contributed by atoms with E-state index in [0.29, 0.717) is 11.6 Å². The van der Waals surface area contributed by atoms with Crippen molar-refractivity contribution in [1.29, 1.82) is 0 Å². The maximum absolute atomic E-state index is 11.8. The third-order valence-corrected chi connectivity index (χ3v) is 3.15. The lowest BCUT2D eigenvalue weighted by atomic mass is 10.1. The van der Waals surface area contributed by atoms with Gasteiger partial charge in [0, 0.05) is 0 Å². The van der Waals surface area contributed by atoms with Crippen LogP contribution in [0, 0.1) is 6.92 Å². The Labute approximate surface area is 109 Å². The van der Waals surface area contributed by atoms with Crippen LogP contribution in [0.25, 0.3) is 0 Å². The van der Waals surface area contributed by atoms with Gasteiger partial charge in [-0.1, -0.05) is 41.7 Å². The molecular formula is C12H14N4OS. The first-order valence-corrected chi connectivity index (χ1v) is 6.37. The maximum atomic E-state index is 11.8. The van der Waals surface area contributed by atoms with Crippen molar-refractivity contribution in [3.8, 4) is 0 Å². The molecule has 0 radical (unpaired) electrons. The highest BCUT2D eigenvalue weighted by atomic mass is 32.1. The van der Waals surface area contributed by atoms with E-state index in [1.807, 2.05) is 37.3 Å². The predicted molar refractivity (Wildman–Crippen MR) is 71.4 cm³/mol. The zero-order valence-corrected chi connectivity index (χ0v) is 10.8. The van der Waals surface area contributed by atoms with Gasteiger partial charge in [-0.2, -0.15) is 0 Å². The van der Waals surface area contributed by atoms with Gasteiger partial charge < -0.3 is 5.73 Å². The average Bonchev–Trinajstić information content (AvgIpc) is 2.76. The van der Waals surface area contributed by atoms with Crippen molar-refractivity contribution in [2.45, 2.75) is 19.4 Å². The lowest BCUT2D eigenvalue weighted by Gasteiger charge is -2.10. The predicted octanol–water partition coefficient (Wildman–Crippen LogP) is 1.36. The smallest absolute Gasteiger partial charge is 0.243 e. The first kappa shape index (κ1) is 12.7. The fraction of sp³-hybridized carbons (Fsp3) is 0.250. The van der Waals surface area contributed by atoms with Gasteiger partial charge in [0.05, 0.1) is 6.04 Å². The number of carbonyl (C=O) groups excluding carboxylic acids is 1. The molecule has 2 rings (SSSR count). The van der Waals surface area contributed by atoms with Crippen LogP contribution in [0.1, 0.15) is 10.6 Å². The molecule has 0 aliphatic carbocycles. The van der Waals surface area contributed by atoms with E-state index in [1.54, 1.807) is 0 Å². The molecule has 94 valence electrons. The van der Waals surface area contributed by atoms with E-state index >= 15 is 0 Å². The van der Waals surface area contributed by atoms with Crippen LogP contribution in [-0.2, 0) is 11.2 Å². The number of carbonyl (C=O) groups is 1. The van der Waals surface area contributed by atoms with E-state index in [0.717, 1.165) is 10.6 Å². The van der Waals surface area contributed by atoms with Gasteiger partial charge >= 0.3 is 0 Å². The monoisotopic (exact) mass is 262 g/mol. The molecule has 18 heavy (non-hydrogen) atoms. The van der Waals surface area contributed by atoms with Crippen LogP contribution in [0.4, 0.5) is 5.13 Å². The minimum absolute atomic E-state index is 0.241. The number of anilines is 1. The topological polar surface area (TPSA) is 80.9 Å². The summed E-state index contributed by atoms with van der Waals surface area (Å²) in [6.07, 6.45) is 0.504. The number of hydrogen-bond acceptors (Lipinski definition) is 5. The lowest BCUT2D eigenvalue weighted by molar-refractivity contribution is -0.117. The van der Waals surface area contributed by atoms with Gasteiger partial charge in [0.25, 0.3) is 0 Å². The number of hydrogen-bond donors (Lipinski definition) is 2. The summed E-state index contributed by atoms with van der Waals surface area (Å²) in [6.45, 7) is 1.83. The molecule has 0 fully saturated rings. The minimum atomic E-state index is -0.586. The SMILES string of the molecule is Cc1nnc(NC(=O)C(N)Cc2ccccc2)s1. The van der Waals surface area contributed by atoms with E-state index < -0.39 is 6.04 Å². The summed E-state index contributed by atoms with van der Waals surface area (Å²) in [5.41, 5.74) is 6.88. The average molecular weight is 262 g/mol. The van der Waals surface area contributed by atoms with E-state index in [1.165, 1.54) is 11.3 Å². The van der Waals surface area contributed by atoms with Crippen LogP contribution >= 0.6 is 11.3 Å². The summed E-state index contributed by atoms with van der Waals surface area (Å²) in [5.74, 6) is -0.241. The van der Waals surface area contributed by atoms with Crippen LogP contribution in [-0.4, -0.2) is 22.1 Å². The Morgan fingerprint density at radius 2 is 2.11 bits per heavy atom. The van der Waals surface area contributed by atoms with Gasteiger partial charge in [-0.15, -0.1) is 10.2 Å². The molecule has 0 aliphatic rings. The summed E-state index contributed by atoms with van der Waals surface area (Å²) in [5, 5.41) is 11.6. The normalized spacial score (nSPS) is 12.1. The van der Waals surface area contributed by atoms with Crippen molar-refractivity contribution in [3.05, 3.63) is 40.9 Å². The zero-order chi connectivity index (χ0) is 13.0. The summed E-state index contributed by atoms with van der Waals surface area (Å²) in [7, 11) is 0. The van der Waals surface area contributed by atoms with Crippen LogP contribution in [0.5, 0.6) is 0 Å². The molecule has 0 spiro atoms. The molecule has 0 bridgehead atoms. The van der Waals surface area contributed by atoms with E-state index in [2.05, 4.69) is 15.5 Å². The third-order valence-electron chi connectivity index (χ3n) is 2.39. The van der Waals surface area contributed by atoms with E-state index in [9.17, 15) is 4.79 Å². The van der Waals surface area contributed by atoms with Gasteiger partial charge in [0.1, 0.15) is 5.01 Å². The van der Waals surface area contributed by atoms with Crippen LogP contribution < -0.4 is 11.1 Å². The van der Waals surface area contributed by atoms with Crippen molar-refractivity contribution >= 4 is 22.4 Å². The number of benzene rings is 1. The number of nitrogens with two attached hydrogens (primary N) is 1. The quantitative estimate of drug-likeness (QED) is 0.871. The molecule has 1 heterocycles. The molecule has 3 N–H and O–H groups in total. The van der Waals surface area contributed by atoms with Crippen molar-refractivity contribution in [3.63, 3.8) is 0 Å². The molecule has 6 heteroatoms. The molecule has 1 atom stereocenters. The van der Waals surface area contributed by atoms with Gasteiger partial charge in [-0.3, -0.25) is 10.1 Å². The minimum Gasteiger partial charge on any atom is -0.320 e. The zero-order valence-electron chi connectivity index (χ0n) is 9.96. The number of nitrogens with one attached hydrogen (secondary N) is 1. The summed E-state index contributed by atoms with van der Waals surface area (Å²) in [6, 6.07) is 9.09.